The summed E-state index contributed by atoms with van der Waals surface area (Å²) in [7, 11) is 1.61. The maximum Gasteiger partial charge on any atom is 0.226 e. The number of nitrogens with one attached hydrogen (secondary N) is 1. The van der Waals surface area contributed by atoms with Crippen LogP contribution in [0.4, 0.5) is 9.52 Å². The normalized spacial score (nSPS) is 10.5. The van der Waals surface area contributed by atoms with Gasteiger partial charge in [0.25, 0.3) is 0 Å². The van der Waals surface area contributed by atoms with Crippen LogP contribution < -0.4 is 10.1 Å². The molecule has 3 aromatic rings. The zero-order valence-electron chi connectivity index (χ0n) is 13.5. The van der Waals surface area contributed by atoms with E-state index in [-0.39, 0.29) is 18.1 Å². The molecule has 0 saturated heterocycles. The van der Waals surface area contributed by atoms with E-state index in [1.807, 2.05) is 24.3 Å². The van der Waals surface area contributed by atoms with Gasteiger partial charge in [0.05, 0.1) is 7.11 Å². The van der Waals surface area contributed by atoms with E-state index in [4.69, 9.17) is 4.74 Å². The van der Waals surface area contributed by atoms with Gasteiger partial charge in [0.2, 0.25) is 11.0 Å². The number of carbonyl (C=O) groups excluding carboxylic acids is 1. The third kappa shape index (κ3) is 4.39. The number of rotatable bonds is 6. The minimum absolute atomic E-state index is 0.179. The molecule has 5 nitrogen and oxygen atoms in total. The lowest BCUT2D eigenvalue weighted by Gasteiger charge is -2.03. The van der Waals surface area contributed by atoms with Crippen molar-refractivity contribution in [3.05, 3.63) is 59.9 Å². The molecule has 1 N–H and O–H groups in total. The molecule has 0 atom stereocenters. The zero-order valence-corrected chi connectivity index (χ0v) is 14.3. The van der Waals surface area contributed by atoms with Gasteiger partial charge < -0.3 is 10.1 Å². The van der Waals surface area contributed by atoms with Crippen molar-refractivity contribution >= 4 is 22.4 Å². The molecule has 0 aliphatic heterocycles. The first-order valence-corrected chi connectivity index (χ1v) is 8.48. The first kappa shape index (κ1) is 17.0. The lowest BCUT2D eigenvalue weighted by Crippen LogP contribution is -2.12. The number of hydrogen-bond acceptors (Lipinski definition) is 5. The predicted molar refractivity (Wildman–Crippen MR) is 95.2 cm³/mol. The Morgan fingerprint density at radius 3 is 2.64 bits per heavy atom. The van der Waals surface area contributed by atoms with Crippen LogP contribution >= 0.6 is 11.3 Å². The predicted octanol–water partition coefficient (Wildman–Crippen LogP) is 3.92. The summed E-state index contributed by atoms with van der Waals surface area (Å²) in [4.78, 5) is 12.0. The maximum atomic E-state index is 13.6. The SMILES string of the molecule is COc1ccc(-c2nnc(NC(=O)CCc3ccccc3F)s2)cc1. The highest BCUT2D eigenvalue weighted by Crippen LogP contribution is 2.27. The Morgan fingerprint density at radius 1 is 1.16 bits per heavy atom. The Balaban J connectivity index is 1.59. The van der Waals surface area contributed by atoms with Crippen molar-refractivity contribution in [2.45, 2.75) is 12.8 Å². The van der Waals surface area contributed by atoms with Crippen LogP contribution in [0.2, 0.25) is 0 Å². The fourth-order valence-corrected chi connectivity index (χ4v) is 3.02. The van der Waals surface area contributed by atoms with Crippen LogP contribution in [0.25, 0.3) is 10.6 Å². The summed E-state index contributed by atoms with van der Waals surface area (Å²) < 4.78 is 18.7. The molecule has 128 valence electrons. The standard InChI is InChI=1S/C18H16FN3O2S/c1-24-14-9-6-13(7-10-14)17-21-22-18(25-17)20-16(23)11-8-12-4-2-3-5-15(12)19/h2-7,9-10H,8,11H2,1H3,(H,20,22,23). The molecule has 0 fully saturated rings. The molecule has 1 heterocycles. The second kappa shape index (κ2) is 7.85. The van der Waals surface area contributed by atoms with Crippen molar-refractivity contribution < 1.29 is 13.9 Å². The monoisotopic (exact) mass is 357 g/mol. The Labute approximate surface area is 148 Å². The summed E-state index contributed by atoms with van der Waals surface area (Å²) in [6, 6.07) is 13.9. The Hall–Kier alpha value is -2.80. The van der Waals surface area contributed by atoms with Crippen LogP contribution in [-0.2, 0) is 11.2 Å². The Bertz CT molecular complexity index is 865. The second-order valence-corrected chi connectivity index (χ2v) is 6.26. The van der Waals surface area contributed by atoms with Gasteiger partial charge >= 0.3 is 0 Å². The quantitative estimate of drug-likeness (QED) is 0.726. The van der Waals surface area contributed by atoms with Gasteiger partial charge in [-0.05, 0) is 42.3 Å². The van der Waals surface area contributed by atoms with Gasteiger partial charge in [-0.2, -0.15) is 0 Å². The number of ether oxygens (including phenoxy) is 1. The van der Waals surface area contributed by atoms with Gasteiger partial charge in [0.15, 0.2) is 0 Å². The fourth-order valence-electron chi connectivity index (χ4n) is 2.26. The molecule has 0 aliphatic rings. The van der Waals surface area contributed by atoms with Gasteiger partial charge in [0.1, 0.15) is 16.6 Å². The fraction of sp³-hybridized carbons (Fsp3) is 0.167. The number of halogens is 1. The van der Waals surface area contributed by atoms with Crippen LogP contribution in [0.1, 0.15) is 12.0 Å². The van der Waals surface area contributed by atoms with E-state index < -0.39 is 0 Å². The third-order valence-corrected chi connectivity index (χ3v) is 4.48. The van der Waals surface area contributed by atoms with E-state index in [2.05, 4.69) is 15.5 Å². The summed E-state index contributed by atoms with van der Waals surface area (Å²) in [5.41, 5.74) is 1.42. The minimum atomic E-state index is -0.298. The highest BCUT2D eigenvalue weighted by molar-refractivity contribution is 7.18. The molecule has 0 spiro atoms. The molecular weight excluding hydrogens is 341 g/mol. The van der Waals surface area contributed by atoms with Crippen molar-refractivity contribution in [1.82, 2.24) is 10.2 Å². The molecule has 3 rings (SSSR count). The van der Waals surface area contributed by atoms with Gasteiger partial charge in [-0.1, -0.05) is 29.5 Å². The molecule has 0 radical (unpaired) electrons. The van der Waals surface area contributed by atoms with E-state index in [0.717, 1.165) is 11.3 Å². The van der Waals surface area contributed by atoms with E-state index in [9.17, 15) is 9.18 Å². The highest BCUT2D eigenvalue weighted by atomic mass is 32.1. The van der Waals surface area contributed by atoms with E-state index in [0.29, 0.717) is 22.1 Å². The van der Waals surface area contributed by atoms with E-state index in [1.54, 1.807) is 25.3 Å². The van der Waals surface area contributed by atoms with Gasteiger partial charge in [0, 0.05) is 12.0 Å². The largest absolute Gasteiger partial charge is 0.497 e. The number of hydrogen-bond donors (Lipinski definition) is 1. The summed E-state index contributed by atoms with van der Waals surface area (Å²) in [5.74, 6) is 0.239. The number of amides is 1. The van der Waals surface area contributed by atoms with Crippen LogP contribution in [-0.4, -0.2) is 23.2 Å². The molecule has 1 amide bonds. The third-order valence-electron chi connectivity index (χ3n) is 3.59. The topological polar surface area (TPSA) is 64.1 Å². The number of benzene rings is 2. The molecule has 1 aromatic heterocycles. The van der Waals surface area contributed by atoms with Gasteiger partial charge in [-0.3, -0.25) is 4.79 Å². The highest BCUT2D eigenvalue weighted by Gasteiger charge is 2.11. The number of nitrogens with zero attached hydrogens (tertiary/aromatic N) is 2. The number of methoxy groups -OCH3 is 1. The van der Waals surface area contributed by atoms with Crippen molar-refractivity contribution in [3.63, 3.8) is 0 Å². The average molecular weight is 357 g/mol. The maximum absolute atomic E-state index is 13.6. The molecule has 0 unspecified atom stereocenters. The van der Waals surface area contributed by atoms with Crippen molar-refractivity contribution in [3.8, 4) is 16.3 Å². The molecule has 0 bridgehead atoms. The Kier molecular flexibility index (Phi) is 5.35. The summed E-state index contributed by atoms with van der Waals surface area (Å²) in [6.07, 6.45) is 0.515. The number of anilines is 1. The molecule has 25 heavy (non-hydrogen) atoms. The van der Waals surface area contributed by atoms with Crippen molar-refractivity contribution in [1.29, 1.82) is 0 Å². The van der Waals surface area contributed by atoms with Crippen LogP contribution in [0.3, 0.4) is 0 Å². The molecule has 7 heteroatoms. The van der Waals surface area contributed by atoms with E-state index >= 15 is 0 Å². The minimum Gasteiger partial charge on any atom is -0.497 e. The van der Waals surface area contributed by atoms with Crippen molar-refractivity contribution in [2.24, 2.45) is 0 Å². The van der Waals surface area contributed by atoms with E-state index in [1.165, 1.54) is 17.4 Å². The first-order chi connectivity index (χ1) is 12.2. The molecule has 0 aliphatic carbocycles. The number of aromatic nitrogens is 2. The number of aryl methyl sites for hydroxylation is 1. The second-order valence-electron chi connectivity index (χ2n) is 5.28. The summed E-state index contributed by atoms with van der Waals surface area (Å²) in [5, 5.41) is 11.9. The van der Waals surface area contributed by atoms with Crippen LogP contribution in [0.15, 0.2) is 48.5 Å². The molecule has 0 saturated carbocycles. The molecule has 2 aromatic carbocycles. The van der Waals surface area contributed by atoms with Crippen LogP contribution in [0, 0.1) is 5.82 Å². The smallest absolute Gasteiger partial charge is 0.226 e. The summed E-state index contributed by atoms with van der Waals surface area (Å²) in [6.45, 7) is 0. The number of carbonyl (C=O) groups is 1. The Morgan fingerprint density at radius 2 is 1.92 bits per heavy atom. The van der Waals surface area contributed by atoms with Crippen LogP contribution in [0.5, 0.6) is 5.75 Å². The van der Waals surface area contributed by atoms with Crippen molar-refractivity contribution in [2.75, 3.05) is 12.4 Å². The average Bonchev–Trinajstić information content (AvgIpc) is 3.09. The van der Waals surface area contributed by atoms with Gasteiger partial charge in [-0.15, -0.1) is 10.2 Å². The molecular formula is C18H16FN3O2S. The zero-order chi connectivity index (χ0) is 17.6. The lowest BCUT2D eigenvalue weighted by molar-refractivity contribution is -0.116. The van der Waals surface area contributed by atoms with Gasteiger partial charge in [-0.25, -0.2) is 4.39 Å². The first-order valence-electron chi connectivity index (χ1n) is 7.67. The summed E-state index contributed by atoms with van der Waals surface area (Å²) >= 11 is 1.28. The lowest BCUT2D eigenvalue weighted by atomic mass is 10.1.